The molecular formula is C11H20N2. The van der Waals surface area contributed by atoms with E-state index in [1.54, 1.807) is 0 Å². The summed E-state index contributed by atoms with van der Waals surface area (Å²) in [5, 5.41) is 3.36. The maximum atomic E-state index is 3.99. The minimum atomic E-state index is 0.561. The van der Waals surface area contributed by atoms with Gasteiger partial charge < -0.3 is 10.2 Å². The predicted octanol–water partition coefficient (Wildman–Crippen LogP) is 1.45. The van der Waals surface area contributed by atoms with Gasteiger partial charge in [0, 0.05) is 37.3 Å². The van der Waals surface area contributed by atoms with Crippen molar-refractivity contribution < 1.29 is 0 Å². The molecule has 2 saturated heterocycles. The molecule has 0 amide bonds. The molecule has 2 aliphatic heterocycles. The summed E-state index contributed by atoms with van der Waals surface area (Å²) in [6.45, 7) is 13.5. The zero-order valence-corrected chi connectivity index (χ0v) is 8.77. The van der Waals surface area contributed by atoms with E-state index in [1.807, 2.05) is 0 Å². The second-order valence-electron chi connectivity index (χ2n) is 5.20. The molecule has 13 heavy (non-hydrogen) atoms. The van der Waals surface area contributed by atoms with Crippen LogP contribution in [0, 0.1) is 11.3 Å². The minimum absolute atomic E-state index is 0.561. The van der Waals surface area contributed by atoms with Gasteiger partial charge in [-0.3, -0.25) is 0 Å². The first-order valence-corrected chi connectivity index (χ1v) is 5.24. The molecule has 0 aromatic heterocycles. The number of nitrogens with one attached hydrogen (secondary N) is 1. The van der Waals surface area contributed by atoms with Crippen molar-refractivity contribution in [3.8, 4) is 0 Å². The van der Waals surface area contributed by atoms with E-state index < -0.39 is 0 Å². The Hall–Kier alpha value is -0.500. The Morgan fingerprint density at radius 3 is 2.69 bits per heavy atom. The molecule has 0 unspecified atom stereocenters. The maximum absolute atomic E-state index is 3.99. The van der Waals surface area contributed by atoms with Crippen LogP contribution in [0.2, 0.25) is 0 Å². The van der Waals surface area contributed by atoms with Crippen LogP contribution in [-0.2, 0) is 0 Å². The lowest BCUT2D eigenvalue weighted by Gasteiger charge is -2.48. The summed E-state index contributed by atoms with van der Waals surface area (Å²) in [7, 11) is 0. The first kappa shape index (κ1) is 9.07. The topological polar surface area (TPSA) is 15.3 Å². The van der Waals surface area contributed by atoms with Crippen molar-refractivity contribution in [2.75, 3.05) is 26.2 Å². The molecule has 1 N–H and O–H groups in total. The molecule has 0 radical (unpaired) electrons. The van der Waals surface area contributed by atoms with Crippen LogP contribution in [0.1, 0.15) is 20.3 Å². The highest BCUT2D eigenvalue weighted by Crippen LogP contribution is 2.39. The van der Waals surface area contributed by atoms with Crippen LogP contribution in [-0.4, -0.2) is 31.1 Å². The highest BCUT2D eigenvalue weighted by molar-refractivity contribution is 5.12. The summed E-state index contributed by atoms with van der Waals surface area (Å²) >= 11 is 0. The first-order valence-electron chi connectivity index (χ1n) is 5.24. The molecule has 2 heteroatoms. The molecule has 0 bridgehead atoms. The van der Waals surface area contributed by atoms with Gasteiger partial charge in [-0.2, -0.15) is 0 Å². The third-order valence-electron chi connectivity index (χ3n) is 3.04. The van der Waals surface area contributed by atoms with Gasteiger partial charge in [-0.25, -0.2) is 0 Å². The summed E-state index contributed by atoms with van der Waals surface area (Å²) in [4.78, 5) is 2.56. The van der Waals surface area contributed by atoms with Crippen molar-refractivity contribution in [3.63, 3.8) is 0 Å². The zero-order valence-electron chi connectivity index (χ0n) is 8.77. The van der Waals surface area contributed by atoms with E-state index >= 15 is 0 Å². The van der Waals surface area contributed by atoms with Crippen molar-refractivity contribution in [3.05, 3.63) is 12.3 Å². The molecule has 0 aliphatic carbocycles. The largest absolute Gasteiger partial charge is 0.388 e. The molecule has 2 fully saturated rings. The third-order valence-corrected chi connectivity index (χ3v) is 3.04. The summed E-state index contributed by atoms with van der Waals surface area (Å²) in [6.07, 6.45) is 1.20. The van der Waals surface area contributed by atoms with E-state index in [2.05, 4.69) is 30.6 Å². The Bertz CT molecular complexity index is 214. The van der Waals surface area contributed by atoms with Gasteiger partial charge >= 0.3 is 0 Å². The lowest BCUT2D eigenvalue weighted by molar-refractivity contribution is 0.00993. The summed E-state index contributed by atoms with van der Waals surface area (Å²) < 4.78 is 0. The summed E-state index contributed by atoms with van der Waals surface area (Å²) in [5.41, 5.74) is 1.80. The van der Waals surface area contributed by atoms with Crippen LogP contribution in [0.5, 0.6) is 0 Å². The van der Waals surface area contributed by atoms with Crippen molar-refractivity contribution in [1.82, 2.24) is 10.2 Å². The van der Waals surface area contributed by atoms with Crippen LogP contribution in [0.15, 0.2) is 12.3 Å². The van der Waals surface area contributed by atoms with Crippen molar-refractivity contribution in [2.45, 2.75) is 20.3 Å². The van der Waals surface area contributed by atoms with Gasteiger partial charge in [0.2, 0.25) is 0 Å². The molecule has 0 atom stereocenters. The van der Waals surface area contributed by atoms with Crippen LogP contribution in [0.4, 0.5) is 0 Å². The van der Waals surface area contributed by atoms with Gasteiger partial charge in [0.05, 0.1) is 0 Å². The number of allylic oxidation sites excluding steroid dienone is 1. The Morgan fingerprint density at radius 2 is 2.23 bits per heavy atom. The number of hydrogen-bond donors (Lipinski definition) is 1. The molecular weight excluding hydrogens is 160 g/mol. The Balaban J connectivity index is 1.80. The zero-order chi connectivity index (χ0) is 9.47. The highest BCUT2D eigenvalue weighted by Gasteiger charge is 2.45. The molecule has 2 nitrogen and oxygen atoms in total. The Kier molecular flexibility index (Phi) is 2.11. The fraction of sp³-hybridized carbons (Fsp3) is 0.818. The third kappa shape index (κ3) is 1.73. The average Bonchev–Trinajstić information content (AvgIpc) is 2.29. The van der Waals surface area contributed by atoms with Crippen LogP contribution in [0.25, 0.3) is 0 Å². The van der Waals surface area contributed by atoms with E-state index in [-0.39, 0.29) is 0 Å². The number of nitrogens with zero attached hydrogens (tertiary/aromatic N) is 1. The second-order valence-corrected chi connectivity index (χ2v) is 5.20. The smallest absolute Gasteiger partial charge is 0.0228 e. The van der Waals surface area contributed by atoms with E-state index in [0.717, 1.165) is 12.5 Å². The summed E-state index contributed by atoms with van der Waals surface area (Å²) in [5.74, 6) is 0.801. The van der Waals surface area contributed by atoms with Gasteiger partial charge in [0.25, 0.3) is 0 Å². The van der Waals surface area contributed by atoms with Gasteiger partial charge in [-0.1, -0.05) is 20.4 Å². The van der Waals surface area contributed by atoms with Crippen molar-refractivity contribution >= 4 is 0 Å². The Morgan fingerprint density at radius 1 is 1.54 bits per heavy atom. The van der Waals surface area contributed by atoms with E-state index in [1.165, 1.54) is 31.8 Å². The average molecular weight is 180 g/mol. The highest BCUT2D eigenvalue weighted by atomic mass is 15.2. The molecule has 0 aromatic rings. The van der Waals surface area contributed by atoms with Gasteiger partial charge in [-0.05, 0) is 12.3 Å². The fourth-order valence-corrected chi connectivity index (χ4v) is 2.66. The molecule has 74 valence electrons. The van der Waals surface area contributed by atoms with Gasteiger partial charge in [0.1, 0.15) is 0 Å². The summed E-state index contributed by atoms with van der Waals surface area (Å²) in [6, 6.07) is 0. The molecule has 2 aliphatic rings. The quantitative estimate of drug-likeness (QED) is 0.692. The molecule has 2 rings (SSSR count). The normalized spacial score (nSPS) is 26.5. The lowest BCUT2D eigenvalue weighted by Crippen LogP contribution is -2.57. The number of hydrogen-bond acceptors (Lipinski definition) is 2. The van der Waals surface area contributed by atoms with E-state index in [4.69, 9.17) is 0 Å². The van der Waals surface area contributed by atoms with E-state index in [0.29, 0.717) is 5.41 Å². The molecule has 0 aromatic carbocycles. The minimum Gasteiger partial charge on any atom is -0.388 e. The lowest BCUT2D eigenvalue weighted by atomic mass is 9.78. The second kappa shape index (κ2) is 3.02. The van der Waals surface area contributed by atoms with Crippen LogP contribution in [0.3, 0.4) is 0 Å². The fourth-order valence-electron chi connectivity index (χ4n) is 2.66. The van der Waals surface area contributed by atoms with Gasteiger partial charge in [-0.15, -0.1) is 0 Å². The SMILES string of the molecule is C=C1CC2(CN1)CN(CC(C)C)C2. The maximum Gasteiger partial charge on any atom is 0.0228 e. The number of likely N-dealkylation sites (tertiary alicyclic amines) is 1. The number of rotatable bonds is 2. The first-order chi connectivity index (χ1) is 6.10. The monoisotopic (exact) mass is 180 g/mol. The Labute approximate surface area is 81.0 Å². The standard InChI is InChI=1S/C11H20N2/c1-9(2)5-13-7-11(8-13)4-10(3)12-6-11/h9,12H,3-8H2,1-2H3. The van der Waals surface area contributed by atoms with Crippen molar-refractivity contribution in [2.24, 2.45) is 11.3 Å². The molecule has 2 heterocycles. The van der Waals surface area contributed by atoms with Crippen LogP contribution < -0.4 is 5.32 Å². The predicted molar refractivity (Wildman–Crippen MR) is 55.5 cm³/mol. The molecule has 1 spiro atoms. The van der Waals surface area contributed by atoms with Crippen molar-refractivity contribution in [1.29, 1.82) is 0 Å². The van der Waals surface area contributed by atoms with Crippen LogP contribution >= 0.6 is 0 Å². The van der Waals surface area contributed by atoms with E-state index in [9.17, 15) is 0 Å². The van der Waals surface area contributed by atoms with Gasteiger partial charge in [0.15, 0.2) is 0 Å². The molecule has 0 saturated carbocycles.